The first-order valence-electron chi connectivity index (χ1n) is 8.35. The number of hydrogen-bond acceptors (Lipinski definition) is 3. The molecule has 0 bridgehead atoms. The summed E-state index contributed by atoms with van der Waals surface area (Å²) in [5, 5.41) is 3.25. The highest BCUT2D eigenvalue weighted by Crippen LogP contribution is 2.20. The van der Waals surface area contributed by atoms with Gasteiger partial charge in [0.05, 0.1) is 0 Å². The highest BCUT2D eigenvalue weighted by Gasteiger charge is 2.02. The number of benzene rings is 2. The number of hydrogen-bond donors (Lipinski definition) is 1. The second-order valence-electron chi connectivity index (χ2n) is 6.58. The molecule has 0 aliphatic heterocycles. The van der Waals surface area contributed by atoms with Crippen LogP contribution in [0, 0.1) is 12.8 Å². The molecule has 3 nitrogen and oxygen atoms in total. The van der Waals surface area contributed by atoms with Crippen molar-refractivity contribution >= 4 is 11.6 Å². The molecule has 0 aliphatic carbocycles. The van der Waals surface area contributed by atoms with Gasteiger partial charge >= 0.3 is 0 Å². The van der Waals surface area contributed by atoms with Crippen molar-refractivity contribution in [1.82, 2.24) is 9.97 Å². The Labute approximate surface area is 143 Å². The molecule has 0 radical (unpaired) electrons. The van der Waals surface area contributed by atoms with Crippen LogP contribution in [0.2, 0.25) is 0 Å². The van der Waals surface area contributed by atoms with E-state index in [4.69, 9.17) is 0 Å². The molecule has 0 unspecified atom stereocenters. The van der Waals surface area contributed by atoms with Gasteiger partial charge in [0.1, 0.15) is 0 Å². The summed E-state index contributed by atoms with van der Waals surface area (Å²) in [5.74, 6) is 1.28. The van der Waals surface area contributed by atoms with E-state index >= 15 is 0 Å². The SMILES string of the molecule is Cc1ccc(-c2cnc(Nc3ccc(CC(C)C)cc3)nc2)cc1. The molecule has 3 rings (SSSR count). The monoisotopic (exact) mass is 317 g/mol. The van der Waals surface area contributed by atoms with Gasteiger partial charge in [0, 0.05) is 23.6 Å². The molecule has 1 aromatic heterocycles. The second-order valence-corrected chi connectivity index (χ2v) is 6.58. The Hall–Kier alpha value is -2.68. The van der Waals surface area contributed by atoms with E-state index in [-0.39, 0.29) is 0 Å². The van der Waals surface area contributed by atoms with Crippen molar-refractivity contribution in [2.24, 2.45) is 5.92 Å². The van der Waals surface area contributed by atoms with Gasteiger partial charge in [0.15, 0.2) is 0 Å². The van der Waals surface area contributed by atoms with Crippen molar-refractivity contribution in [3.63, 3.8) is 0 Å². The molecule has 2 aromatic carbocycles. The van der Waals surface area contributed by atoms with E-state index in [1.165, 1.54) is 11.1 Å². The van der Waals surface area contributed by atoms with Gasteiger partial charge in [0.25, 0.3) is 0 Å². The molecule has 24 heavy (non-hydrogen) atoms. The van der Waals surface area contributed by atoms with E-state index in [0.717, 1.165) is 23.2 Å². The fourth-order valence-electron chi connectivity index (χ4n) is 2.61. The molecule has 3 aromatic rings. The van der Waals surface area contributed by atoms with Crippen LogP contribution < -0.4 is 5.32 Å². The summed E-state index contributed by atoms with van der Waals surface area (Å²) in [7, 11) is 0. The van der Waals surface area contributed by atoms with Crippen molar-refractivity contribution in [3.05, 3.63) is 72.1 Å². The van der Waals surface area contributed by atoms with Gasteiger partial charge in [-0.15, -0.1) is 0 Å². The average Bonchev–Trinajstić information content (AvgIpc) is 2.58. The quantitative estimate of drug-likeness (QED) is 0.685. The van der Waals surface area contributed by atoms with Gasteiger partial charge in [-0.1, -0.05) is 55.8 Å². The lowest BCUT2D eigenvalue weighted by atomic mass is 10.0. The second kappa shape index (κ2) is 7.26. The van der Waals surface area contributed by atoms with Gasteiger partial charge in [0.2, 0.25) is 5.95 Å². The van der Waals surface area contributed by atoms with Gasteiger partial charge < -0.3 is 5.32 Å². The van der Waals surface area contributed by atoms with E-state index in [0.29, 0.717) is 11.9 Å². The fourth-order valence-corrected chi connectivity index (χ4v) is 2.61. The first-order valence-corrected chi connectivity index (χ1v) is 8.35. The standard InChI is InChI=1S/C21H23N3/c1-15(2)12-17-6-10-20(11-7-17)24-21-22-13-19(14-23-21)18-8-4-16(3)5-9-18/h4-11,13-15H,12H2,1-3H3,(H,22,23,24). The highest BCUT2D eigenvalue weighted by molar-refractivity contribution is 5.63. The Morgan fingerprint density at radius 1 is 0.833 bits per heavy atom. The number of aryl methyl sites for hydroxylation is 1. The lowest BCUT2D eigenvalue weighted by Crippen LogP contribution is -1.98. The summed E-state index contributed by atoms with van der Waals surface area (Å²) < 4.78 is 0. The number of aromatic nitrogens is 2. The number of rotatable bonds is 5. The summed E-state index contributed by atoms with van der Waals surface area (Å²) in [6.07, 6.45) is 4.81. The molecular weight excluding hydrogens is 294 g/mol. The van der Waals surface area contributed by atoms with Gasteiger partial charge in [-0.25, -0.2) is 9.97 Å². The minimum Gasteiger partial charge on any atom is -0.324 e. The molecule has 0 aliphatic rings. The first kappa shape index (κ1) is 16.2. The van der Waals surface area contributed by atoms with Crippen LogP contribution in [0.5, 0.6) is 0 Å². The Morgan fingerprint density at radius 3 is 2.04 bits per heavy atom. The maximum atomic E-state index is 4.42. The molecule has 0 saturated heterocycles. The third-order valence-electron chi connectivity index (χ3n) is 3.89. The van der Waals surface area contributed by atoms with Crippen LogP contribution in [0.3, 0.4) is 0 Å². The molecule has 1 heterocycles. The van der Waals surface area contributed by atoms with Gasteiger partial charge in [-0.2, -0.15) is 0 Å². The summed E-state index contributed by atoms with van der Waals surface area (Å²) in [6.45, 7) is 6.55. The van der Waals surface area contributed by atoms with Crippen molar-refractivity contribution in [1.29, 1.82) is 0 Å². The normalized spacial score (nSPS) is 10.8. The van der Waals surface area contributed by atoms with Crippen molar-refractivity contribution in [3.8, 4) is 11.1 Å². The molecule has 0 saturated carbocycles. The molecule has 0 amide bonds. The van der Waals surface area contributed by atoms with E-state index in [2.05, 4.69) is 84.6 Å². The van der Waals surface area contributed by atoms with Crippen molar-refractivity contribution < 1.29 is 0 Å². The van der Waals surface area contributed by atoms with E-state index in [1.807, 2.05) is 12.4 Å². The van der Waals surface area contributed by atoms with Crippen LogP contribution in [0.25, 0.3) is 11.1 Å². The Balaban J connectivity index is 1.68. The van der Waals surface area contributed by atoms with Crippen LogP contribution in [0.15, 0.2) is 60.9 Å². The molecule has 0 spiro atoms. The summed E-state index contributed by atoms with van der Waals surface area (Å²) in [4.78, 5) is 8.84. The first-order chi connectivity index (χ1) is 11.6. The Morgan fingerprint density at radius 2 is 1.46 bits per heavy atom. The fraction of sp³-hybridized carbons (Fsp3) is 0.238. The maximum Gasteiger partial charge on any atom is 0.227 e. The number of nitrogens with zero attached hydrogens (tertiary/aromatic N) is 2. The smallest absolute Gasteiger partial charge is 0.227 e. The van der Waals surface area contributed by atoms with Crippen molar-refractivity contribution in [2.75, 3.05) is 5.32 Å². The van der Waals surface area contributed by atoms with Crippen LogP contribution in [-0.4, -0.2) is 9.97 Å². The molecule has 3 heteroatoms. The zero-order valence-corrected chi connectivity index (χ0v) is 14.5. The van der Waals surface area contributed by atoms with Crippen LogP contribution >= 0.6 is 0 Å². The van der Waals surface area contributed by atoms with Crippen LogP contribution in [0.1, 0.15) is 25.0 Å². The molecule has 0 atom stereocenters. The van der Waals surface area contributed by atoms with E-state index in [1.54, 1.807) is 0 Å². The zero-order chi connectivity index (χ0) is 16.9. The van der Waals surface area contributed by atoms with Crippen LogP contribution in [-0.2, 0) is 6.42 Å². The molecule has 1 N–H and O–H groups in total. The molecule has 122 valence electrons. The average molecular weight is 317 g/mol. The molecular formula is C21H23N3. The topological polar surface area (TPSA) is 37.8 Å². The summed E-state index contributed by atoms with van der Waals surface area (Å²) in [6, 6.07) is 16.8. The lowest BCUT2D eigenvalue weighted by molar-refractivity contribution is 0.647. The maximum absolute atomic E-state index is 4.42. The minimum atomic E-state index is 0.613. The number of anilines is 2. The number of nitrogens with one attached hydrogen (secondary N) is 1. The summed E-state index contributed by atoms with van der Waals surface area (Å²) >= 11 is 0. The van der Waals surface area contributed by atoms with Crippen molar-refractivity contribution in [2.45, 2.75) is 27.2 Å². The predicted molar refractivity (Wildman–Crippen MR) is 100 cm³/mol. The van der Waals surface area contributed by atoms with E-state index < -0.39 is 0 Å². The Kier molecular flexibility index (Phi) is 4.90. The molecule has 0 fully saturated rings. The highest BCUT2D eigenvalue weighted by atomic mass is 15.1. The predicted octanol–water partition coefficient (Wildman–Crippen LogP) is 5.39. The van der Waals surface area contributed by atoms with E-state index in [9.17, 15) is 0 Å². The largest absolute Gasteiger partial charge is 0.324 e. The van der Waals surface area contributed by atoms with Crippen LogP contribution in [0.4, 0.5) is 11.6 Å². The third-order valence-corrected chi connectivity index (χ3v) is 3.89. The minimum absolute atomic E-state index is 0.613. The third kappa shape index (κ3) is 4.19. The summed E-state index contributed by atoms with van der Waals surface area (Å²) in [5.41, 5.74) is 5.76. The lowest BCUT2D eigenvalue weighted by Gasteiger charge is -2.08. The van der Waals surface area contributed by atoms with Gasteiger partial charge in [-0.05, 0) is 42.5 Å². The van der Waals surface area contributed by atoms with Gasteiger partial charge in [-0.3, -0.25) is 0 Å². The zero-order valence-electron chi connectivity index (χ0n) is 14.5. The Bertz CT molecular complexity index is 773.